The van der Waals surface area contributed by atoms with Crippen molar-refractivity contribution in [3.63, 3.8) is 0 Å². The number of pyridine rings is 1. The molecule has 1 saturated heterocycles. The molecule has 0 radical (unpaired) electrons. The van der Waals surface area contributed by atoms with Crippen LogP contribution in [0, 0.1) is 6.92 Å². The summed E-state index contributed by atoms with van der Waals surface area (Å²) in [7, 11) is 0. The Labute approximate surface area is 173 Å². The van der Waals surface area contributed by atoms with E-state index in [-0.39, 0.29) is 5.95 Å². The third-order valence-electron chi connectivity index (χ3n) is 5.14. The summed E-state index contributed by atoms with van der Waals surface area (Å²) in [6.45, 7) is 6.14. The lowest BCUT2D eigenvalue weighted by molar-refractivity contribution is 0.0336. The highest BCUT2D eigenvalue weighted by molar-refractivity contribution is 5.59. The molecule has 0 aliphatic carbocycles. The molecule has 4 aromatic heterocycles. The highest BCUT2D eigenvalue weighted by Crippen LogP contribution is 2.23. The van der Waals surface area contributed by atoms with Gasteiger partial charge in [0.15, 0.2) is 11.4 Å². The Morgan fingerprint density at radius 3 is 2.67 bits per heavy atom. The fourth-order valence-corrected chi connectivity index (χ4v) is 3.68. The lowest BCUT2D eigenvalue weighted by Gasteiger charge is -2.26. The SMILES string of the molecule is Cc1ccc(-c2nc(N)nc3c(Cc4cccc(CN5CCOCC5)n4)cnn23)o1. The molecule has 1 aliphatic rings. The maximum atomic E-state index is 5.98. The molecule has 0 amide bonds. The second kappa shape index (κ2) is 7.85. The van der Waals surface area contributed by atoms with Gasteiger partial charge in [0.2, 0.25) is 11.8 Å². The first-order chi connectivity index (χ1) is 14.7. The van der Waals surface area contributed by atoms with Crippen LogP contribution in [0.4, 0.5) is 5.95 Å². The molecule has 1 fully saturated rings. The Hall–Kier alpha value is -3.30. The highest BCUT2D eigenvalue weighted by atomic mass is 16.5. The first-order valence-corrected chi connectivity index (χ1v) is 9.97. The predicted molar refractivity (Wildman–Crippen MR) is 111 cm³/mol. The number of hydrogen-bond donors (Lipinski definition) is 1. The molecule has 2 N–H and O–H groups in total. The standard InChI is InChI=1S/C21H23N7O2/c1-14-5-6-18(30-14)20-26-21(22)25-19-15(12-23-28(19)20)11-16-3-2-4-17(24-16)13-27-7-9-29-10-8-27/h2-6,12H,7-11,13H2,1H3,(H2,22,25). The molecular weight excluding hydrogens is 382 g/mol. The molecule has 0 aromatic carbocycles. The molecule has 0 atom stereocenters. The molecule has 9 heteroatoms. The lowest BCUT2D eigenvalue weighted by Crippen LogP contribution is -2.35. The van der Waals surface area contributed by atoms with E-state index in [2.05, 4.69) is 26.0 Å². The molecule has 0 bridgehead atoms. The normalized spacial score (nSPS) is 15.1. The van der Waals surface area contributed by atoms with E-state index in [0.29, 0.717) is 23.7 Å². The van der Waals surface area contributed by atoms with Gasteiger partial charge >= 0.3 is 0 Å². The summed E-state index contributed by atoms with van der Waals surface area (Å²) in [6, 6.07) is 9.87. The zero-order valence-electron chi connectivity index (χ0n) is 16.8. The van der Waals surface area contributed by atoms with Crippen molar-refractivity contribution >= 4 is 11.6 Å². The fraction of sp³-hybridized carbons (Fsp3) is 0.333. The van der Waals surface area contributed by atoms with E-state index in [1.54, 1.807) is 10.7 Å². The number of ether oxygens (including phenoxy) is 1. The van der Waals surface area contributed by atoms with Crippen LogP contribution in [0.25, 0.3) is 17.2 Å². The van der Waals surface area contributed by atoms with Gasteiger partial charge in [0.1, 0.15) is 5.76 Å². The highest BCUT2D eigenvalue weighted by Gasteiger charge is 2.17. The average Bonchev–Trinajstić information content (AvgIpc) is 3.35. The van der Waals surface area contributed by atoms with Crippen molar-refractivity contribution in [2.45, 2.75) is 19.9 Å². The number of morpholine rings is 1. The van der Waals surface area contributed by atoms with Crippen molar-refractivity contribution in [3.8, 4) is 11.6 Å². The molecule has 1 aliphatic heterocycles. The summed E-state index contributed by atoms with van der Waals surface area (Å²) >= 11 is 0. The van der Waals surface area contributed by atoms with Crippen LogP contribution < -0.4 is 5.73 Å². The Kier molecular flexibility index (Phi) is 4.89. The number of hydrogen-bond acceptors (Lipinski definition) is 8. The zero-order chi connectivity index (χ0) is 20.5. The van der Waals surface area contributed by atoms with Crippen molar-refractivity contribution in [2.75, 3.05) is 32.0 Å². The van der Waals surface area contributed by atoms with E-state index < -0.39 is 0 Å². The maximum absolute atomic E-state index is 5.98. The Balaban J connectivity index is 1.43. The van der Waals surface area contributed by atoms with Crippen LogP contribution in [-0.2, 0) is 17.7 Å². The fourth-order valence-electron chi connectivity index (χ4n) is 3.68. The van der Waals surface area contributed by atoms with Crippen LogP contribution >= 0.6 is 0 Å². The molecule has 5 heterocycles. The lowest BCUT2D eigenvalue weighted by atomic mass is 10.1. The molecule has 30 heavy (non-hydrogen) atoms. The summed E-state index contributed by atoms with van der Waals surface area (Å²) in [5.74, 6) is 2.11. The van der Waals surface area contributed by atoms with Crippen molar-refractivity contribution in [1.82, 2.24) is 29.5 Å². The largest absolute Gasteiger partial charge is 0.458 e. The Morgan fingerprint density at radius 2 is 1.87 bits per heavy atom. The van der Waals surface area contributed by atoms with Crippen LogP contribution in [-0.4, -0.2) is 55.8 Å². The number of rotatable bonds is 5. The summed E-state index contributed by atoms with van der Waals surface area (Å²) in [6.07, 6.45) is 2.40. The Bertz CT molecular complexity index is 1180. The van der Waals surface area contributed by atoms with Crippen molar-refractivity contribution in [2.24, 2.45) is 0 Å². The van der Waals surface area contributed by atoms with E-state index in [9.17, 15) is 0 Å². The molecule has 0 saturated carbocycles. The van der Waals surface area contributed by atoms with Crippen LogP contribution in [0.2, 0.25) is 0 Å². The van der Waals surface area contributed by atoms with Gasteiger partial charge in [-0.05, 0) is 31.2 Å². The first-order valence-electron chi connectivity index (χ1n) is 9.97. The molecule has 4 aromatic rings. The number of nitrogen functional groups attached to an aromatic ring is 1. The number of fused-ring (bicyclic) bond motifs is 1. The quantitative estimate of drug-likeness (QED) is 0.538. The van der Waals surface area contributed by atoms with Gasteiger partial charge in [-0.2, -0.15) is 19.6 Å². The van der Waals surface area contributed by atoms with Gasteiger partial charge in [0.05, 0.1) is 25.1 Å². The minimum atomic E-state index is 0.183. The molecule has 154 valence electrons. The van der Waals surface area contributed by atoms with E-state index >= 15 is 0 Å². The van der Waals surface area contributed by atoms with Crippen molar-refractivity contribution in [3.05, 3.63) is 59.2 Å². The van der Waals surface area contributed by atoms with Gasteiger partial charge in [-0.3, -0.25) is 9.88 Å². The smallest absolute Gasteiger partial charge is 0.224 e. The molecule has 0 unspecified atom stereocenters. The predicted octanol–water partition coefficient (Wildman–Crippen LogP) is 2.09. The third-order valence-corrected chi connectivity index (χ3v) is 5.14. The van der Waals surface area contributed by atoms with Gasteiger partial charge in [-0.1, -0.05) is 6.07 Å². The van der Waals surface area contributed by atoms with Gasteiger partial charge in [0.25, 0.3) is 0 Å². The van der Waals surface area contributed by atoms with Crippen LogP contribution in [0.5, 0.6) is 0 Å². The number of nitrogens with two attached hydrogens (primary N) is 1. The van der Waals surface area contributed by atoms with Crippen LogP contribution in [0.1, 0.15) is 22.7 Å². The van der Waals surface area contributed by atoms with E-state index in [0.717, 1.165) is 55.6 Å². The molecule has 0 spiro atoms. The number of aryl methyl sites for hydroxylation is 1. The van der Waals surface area contributed by atoms with E-state index in [1.165, 1.54) is 0 Å². The molecular formula is C21H23N7O2. The van der Waals surface area contributed by atoms with Crippen LogP contribution in [0.15, 0.2) is 40.9 Å². The number of anilines is 1. The maximum Gasteiger partial charge on any atom is 0.224 e. The molecule has 5 rings (SSSR count). The third kappa shape index (κ3) is 3.77. The van der Waals surface area contributed by atoms with Gasteiger partial charge in [-0.25, -0.2) is 0 Å². The summed E-state index contributed by atoms with van der Waals surface area (Å²) in [5.41, 5.74) is 9.59. The number of furan rings is 1. The average molecular weight is 405 g/mol. The Morgan fingerprint density at radius 1 is 1.03 bits per heavy atom. The minimum absolute atomic E-state index is 0.183. The van der Waals surface area contributed by atoms with Crippen LogP contribution in [0.3, 0.4) is 0 Å². The first kappa shape index (κ1) is 18.7. The van der Waals surface area contributed by atoms with E-state index in [4.69, 9.17) is 19.9 Å². The second-order valence-electron chi connectivity index (χ2n) is 7.41. The topological polar surface area (TPSA) is 108 Å². The summed E-state index contributed by atoms with van der Waals surface area (Å²) < 4.78 is 12.8. The molecule has 9 nitrogen and oxygen atoms in total. The van der Waals surface area contributed by atoms with E-state index in [1.807, 2.05) is 31.2 Å². The van der Waals surface area contributed by atoms with Crippen molar-refractivity contribution < 1.29 is 9.15 Å². The number of nitrogens with zero attached hydrogens (tertiary/aromatic N) is 6. The van der Waals surface area contributed by atoms with Gasteiger partial charge < -0.3 is 14.9 Å². The number of aromatic nitrogens is 5. The second-order valence-corrected chi connectivity index (χ2v) is 7.41. The van der Waals surface area contributed by atoms with Crippen molar-refractivity contribution in [1.29, 1.82) is 0 Å². The summed E-state index contributed by atoms with van der Waals surface area (Å²) in [5, 5.41) is 4.48. The minimum Gasteiger partial charge on any atom is -0.458 e. The zero-order valence-corrected chi connectivity index (χ0v) is 16.8. The van der Waals surface area contributed by atoms with Gasteiger partial charge in [0, 0.05) is 37.3 Å². The van der Waals surface area contributed by atoms with Gasteiger partial charge in [-0.15, -0.1) is 0 Å². The monoisotopic (exact) mass is 405 g/mol. The summed E-state index contributed by atoms with van der Waals surface area (Å²) in [4.78, 5) is 15.9.